The third kappa shape index (κ3) is 4.19. The van der Waals surface area contributed by atoms with Crippen LogP contribution in [0.25, 0.3) is 0 Å². The van der Waals surface area contributed by atoms with Crippen molar-refractivity contribution in [3.63, 3.8) is 0 Å². The molecule has 30 heavy (non-hydrogen) atoms. The molecule has 1 saturated carbocycles. The monoisotopic (exact) mass is 641 g/mol. The molecular formula is C27H54AuClP. The van der Waals surface area contributed by atoms with Crippen LogP contribution >= 0.6 is 17.1 Å². The van der Waals surface area contributed by atoms with Gasteiger partial charge in [-0.25, -0.2) is 0 Å². The van der Waals surface area contributed by atoms with Crippen LogP contribution in [0, 0.1) is 40.4 Å². The Kier molecular flexibility index (Phi) is 9.09. The summed E-state index contributed by atoms with van der Waals surface area (Å²) in [6, 6.07) is 0. The molecule has 0 bridgehead atoms. The fourth-order valence-electron chi connectivity index (χ4n) is 7.82. The Morgan fingerprint density at radius 3 is 1.30 bits per heavy atom. The number of hydrogen-bond donors (Lipinski definition) is 0. The van der Waals surface area contributed by atoms with E-state index in [1.807, 2.05) is 0 Å². The summed E-state index contributed by atoms with van der Waals surface area (Å²) in [6.07, 6.45) is 0. The van der Waals surface area contributed by atoms with Crippen molar-refractivity contribution < 1.29 is 18.7 Å². The van der Waals surface area contributed by atoms with E-state index in [0.29, 0.717) is 39.1 Å². The molecule has 6 unspecified atom stereocenters. The van der Waals surface area contributed by atoms with Crippen LogP contribution in [0.3, 0.4) is 0 Å². The zero-order chi connectivity index (χ0) is 24.2. The van der Waals surface area contributed by atoms with Crippen LogP contribution in [0.4, 0.5) is 0 Å². The van der Waals surface area contributed by atoms with Gasteiger partial charge < -0.3 is 0 Å². The van der Waals surface area contributed by atoms with E-state index in [1.165, 1.54) is 0 Å². The van der Waals surface area contributed by atoms with Gasteiger partial charge in [0, 0.05) is 0 Å². The van der Waals surface area contributed by atoms with Crippen molar-refractivity contribution in [2.45, 2.75) is 130 Å². The van der Waals surface area contributed by atoms with Gasteiger partial charge in [-0.2, -0.15) is 0 Å². The summed E-state index contributed by atoms with van der Waals surface area (Å²) in [5.41, 5.74) is 0.556. The molecule has 1 rings (SSSR count). The maximum absolute atomic E-state index is 7.19. The van der Waals surface area contributed by atoms with Crippen molar-refractivity contribution in [3.8, 4) is 0 Å². The topological polar surface area (TPSA) is 0 Å². The first-order valence-corrected chi connectivity index (χ1v) is 17.5. The quantitative estimate of drug-likeness (QED) is 0.207. The van der Waals surface area contributed by atoms with E-state index in [2.05, 4.69) is 111 Å². The number of hydrogen-bond acceptors (Lipinski definition) is 0. The Hall–Kier alpha value is 1.46. The second-order valence-corrected chi connectivity index (χ2v) is 20.5. The second kappa shape index (κ2) is 9.25. The Morgan fingerprint density at radius 2 is 1.07 bits per heavy atom. The molecule has 0 radical (unpaired) electrons. The average Bonchev–Trinajstić information content (AvgIpc) is 2.54. The van der Waals surface area contributed by atoms with E-state index in [0.717, 1.165) is 0 Å². The Bertz CT molecular complexity index is 573. The van der Waals surface area contributed by atoms with Crippen LogP contribution in [0.2, 0.25) is 4.14 Å². The van der Waals surface area contributed by atoms with Gasteiger partial charge in [0.1, 0.15) is 0 Å². The molecular weight excluding hydrogens is 588 g/mol. The van der Waals surface area contributed by atoms with Crippen molar-refractivity contribution in [1.82, 2.24) is 0 Å². The number of rotatable bonds is 5. The van der Waals surface area contributed by atoms with Crippen LogP contribution in [-0.4, -0.2) is 15.5 Å². The predicted octanol–water partition coefficient (Wildman–Crippen LogP) is 10.1. The third-order valence-electron chi connectivity index (χ3n) is 9.57. The summed E-state index contributed by atoms with van der Waals surface area (Å²) in [7, 11) is 6.88. The summed E-state index contributed by atoms with van der Waals surface area (Å²) in [5.74, 6) is 3.22. The summed E-state index contributed by atoms with van der Waals surface area (Å²) < 4.78 is 0.619. The summed E-state index contributed by atoms with van der Waals surface area (Å²) in [6.45, 7) is 40.7. The molecule has 0 aromatic rings. The maximum atomic E-state index is 7.19. The first-order chi connectivity index (χ1) is 13.2. The molecule has 1 aliphatic carbocycles. The fourth-order valence-corrected chi connectivity index (χ4v) is 20.8. The minimum absolute atomic E-state index is 0.260. The molecule has 0 spiro atoms. The van der Waals surface area contributed by atoms with E-state index in [9.17, 15) is 0 Å². The van der Waals surface area contributed by atoms with E-state index >= 15 is 0 Å². The molecule has 0 aromatic carbocycles. The zero-order valence-electron chi connectivity index (χ0n) is 23.1. The molecule has 185 valence electrons. The van der Waals surface area contributed by atoms with Crippen molar-refractivity contribution in [3.05, 3.63) is 0 Å². The molecule has 0 nitrogen and oxygen atoms in total. The van der Waals surface area contributed by atoms with E-state index in [4.69, 9.17) is 9.19 Å². The summed E-state index contributed by atoms with van der Waals surface area (Å²) in [4.78, 5) is 0. The average molecular weight is 642 g/mol. The van der Waals surface area contributed by atoms with Gasteiger partial charge in [0.15, 0.2) is 0 Å². The van der Waals surface area contributed by atoms with Gasteiger partial charge in [-0.1, -0.05) is 0 Å². The molecule has 6 atom stereocenters. The molecule has 0 N–H and O–H groups in total. The summed E-state index contributed by atoms with van der Waals surface area (Å²) >= 11 is -0.279. The minimum atomic E-state index is -0.315. The molecule has 0 aromatic heterocycles. The van der Waals surface area contributed by atoms with Gasteiger partial charge in [0.25, 0.3) is 0 Å². The first-order valence-electron chi connectivity index (χ1n) is 12.2. The molecule has 0 saturated heterocycles. The van der Waals surface area contributed by atoms with Crippen LogP contribution in [-0.2, 0) is 18.7 Å². The van der Waals surface area contributed by atoms with E-state index < -0.39 is 0 Å². The summed E-state index contributed by atoms with van der Waals surface area (Å²) in [5, 5.41) is 0.850. The van der Waals surface area contributed by atoms with Crippen LogP contribution in [0.15, 0.2) is 0 Å². The fraction of sp³-hybridized carbons (Fsp3) is 1.00. The van der Waals surface area contributed by atoms with Gasteiger partial charge in [-0.15, -0.1) is 0 Å². The van der Waals surface area contributed by atoms with Crippen molar-refractivity contribution >= 4 is 17.1 Å². The Labute approximate surface area is 205 Å². The molecule has 1 fully saturated rings. The van der Waals surface area contributed by atoms with Gasteiger partial charge in [-0.05, 0) is 0 Å². The molecule has 0 aliphatic heterocycles. The van der Waals surface area contributed by atoms with E-state index in [-0.39, 0.29) is 47.5 Å². The first kappa shape index (κ1) is 29.5. The van der Waals surface area contributed by atoms with Gasteiger partial charge in [0.2, 0.25) is 0 Å². The second-order valence-electron chi connectivity index (χ2n) is 13.6. The molecule has 0 amide bonds. The Morgan fingerprint density at radius 1 is 0.700 bits per heavy atom. The standard InChI is InChI=1S/C27H54P.Au.ClH/c1-18(2)25(15)17-27(20(5)6,28(23(9,10)11)24(12,13)14)22(8)26(16,19(3)4)21(25)7;;/h17-22H,1-16H3;;1H/q;+1;/p-1. The molecule has 3 heteroatoms. The van der Waals surface area contributed by atoms with Gasteiger partial charge in [0.05, 0.1) is 0 Å². The zero-order valence-corrected chi connectivity index (χ0v) is 26.9. The molecule has 0 heterocycles. The van der Waals surface area contributed by atoms with Gasteiger partial charge >= 0.3 is 207 Å². The van der Waals surface area contributed by atoms with E-state index in [1.54, 1.807) is 0 Å². The van der Waals surface area contributed by atoms with Crippen molar-refractivity contribution in [2.75, 3.05) is 0 Å². The van der Waals surface area contributed by atoms with Gasteiger partial charge in [-0.3, -0.25) is 0 Å². The van der Waals surface area contributed by atoms with Crippen molar-refractivity contribution in [2.24, 2.45) is 40.4 Å². The number of halogens is 1. The Balaban J connectivity index is 4.24. The van der Waals surface area contributed by atoms with Crippen LogP contribution in [0.1, 0.15) is 111 Å². The van der Waals surface area contributed by atoms with Crippen LogP contribution < -0.4 is 0 Å². The molecule has 1 aliphatic rings. The SMILES string of the molecule is CC(C)C1(C)C(C)C(C)(C(C)C)[CH]([Au][Cl])C(C(C)C)(P(C(C)(C)C)C(C)(C)C)C1C. The van der Waals surface area contributed by atoms with Crippen molar-refractivity contribution in [1.29, 1.82) is 0 Å². The predicted molar refractivity (Wildman–Crippen MR) is 138 cm³/mol. The van der Waals surface area contributed by atoms with Crippen LogP contribution in [0.5, 0.6) is 0 Å². The normalized spacial score (nSPS) is 39.0. The third-order valence-corrected chi connectivity index (χ3v) is 18.6.